The maximum absolute atomic E-state index is 11.4. The summed E-state index contributed by atoms with van der Waals surface area (Å²) < 4.78 is 5.12. The topological polar surface area (TPSA) is 68.3 Å². The Hall–Kier alpha value is -2.17. The summed E-state index contributed by atoms with van der Waals surface area (Å²) in [6.07, 6.45) is 5.57. The van der Waals surface area contributed by atoms with Crippen molar-refractivity contribution in [2.45, 2.75) is 39.7 Å². The van der Waals surface area contributed by atoms with Gasteiger partial charge < -0.3 is 10.1 Å². The fourth-order valence-electron chi connectivity index (χ4n) is 1.49. The van der Waals surface area contributed by atoms with Gasteiger partial charge in [0.25, 0.3) is 0 Å². The Balaban J connectivity index is 2.32. The first-order valence-electron chi connectivity index (χ1n) is 6.88. The van der Waals surface area contributed by atoms with Gasteiger partial charge in [-0.15, -0.1) is 0 Å². The van der Waals surface area contributed by atoms with E-state index in [1.54, 1.807) is 18.3 Å². The number of alkyl carbamates (subject to hydrolysis) is 1. The summed E-state index contributed by atoms with van der Waals surface area (Å²) in [5.41, 5.74) is 0.887. The molecule has 5 heteroatoms. The highest BCUT2D eigenvalue weighted by atomic mass is 16.6. The number of carbonyl (C=O) groups excluding carboxylic acids is 2. The van der Waals surface area contributed by atoms with Gasteiger partial charge in [0.15, 0.2) is 5.78 Å². The molecule has 0 aliphatic heterocycles. The molecule has 0 spiro atoms. The minimum Gasteiger partial charge on any atom is -0.444 e. The molecule has 0 saturated carbocycles. The van der Waals surface area contributed by atoms with E-state index in [0.29, 0.717) is 18.5 Å². The summed E-state index contributed by atoms with van der Waals surface area (Å²) in [5.74, 6) is -0.000379. The van der Waals surface area contributed by atoms with Crippen molar-refractivity contribution < 1.29 is 14.3 Å². The Labute approximate surface area is 125 Å². The smallest absolute Gasteiger partial charge is 0.407 e. The summed E-state index contributed by atoms with van der Waals surface area (Å²) in [4.78, 5) is 26.7. The molecule has 0 aromatic carbocycles. The molecule has 1 rings (SSSR count). The number of nitrogens with one attached hydrogen (secondary N) is 1. The number of carbonyl (C=O) groups is 2. The zero-order valence-corrected chi connectivity index (χ0v) is 13.0. The maximum Gasteiger partial charge on any atom is 0.407 e. The van der Waals surface area contributed by atoms with Crippen molar-refractivity contribution in [3.05, 3.63) is 35.7 Å². The van der Waals surface area contributed by atoms with Crippen LogP contribution in [-0.4, -0.2) is 29.0 Å². The summed E-state index contributed by atoms with van der Waals surface area (Å²) in [5, 5.41) is 2.67. The molecular formula is C16H22N2O3. The van der Waals surface area contributed by atoms with Crippen molar-refractivity contribution in [2.75, 3.05) is 6.54 Å². The SMILES string of the molecule is CC(=O)c1ccc(C=CCCNC(=O)OC(C)(C)C)nc1. The number of ketones is 1. The van der Waals surface area contributed by atoms with E-state index in [1.807, 2.05) is 32.9 Å². The van der Waals surface area contributed by atoms with Crippen LogP contribution in [0.4, 0.5) is 4.79 Å². The largest absolute Gasteiger partial charge is 0.444 e. The predicted molar refractivity (Wildman–Crippen MR) is 82.1 cm³/mol. The van der Waals surface area contributed by atoms with E-state index in [-0.39, 0.29) is 5.78 Å². The molecule has 0 bridgehead atoms. The van der Waals surface area contributed by atoms with E-state index < -0.39 is 11.7 Å². The zero-order valence-electron chi connectivity index (χ0n) is 13.0. The quantitative estimate of drug-likeness (QED) is 0.668. The van der Waals surface area contributed by atoms with Gasteiger partial charge in [-0.05, 0) is 52.3 Å². The average Bonchev–Trinajstić information content (AvgIpc) is 2.36. The third kappa shape index (κ3) is 7.25. The summed E-state index contributed by atoms with van der Waals surface area (Å²) >= 11 is 0. The van der Waals surface area contributed by atoms with Crippen molar-refractivity contribution in [3.63, 3.8) is 0 Å². The van der Waals surface area contributed by atoms with Gasteiger partial charge in [-0.1, -0.05) is 6.08 Å². The van der Waals surface area contributed by atoms with Crippen LogP contribution in [0, 0.1) is 0 Å². The van der Waals surface area contributed by atoms with Crippen LogP contribution in [0.1, 0.15) is 50.2 Å². The van der Waals surface area contributed by atoms with Gasteiger partial charge in [-0.3, -0.25) is 9.78 Å². The minimum atomic E-state index is -0.484. The molecule has 5 nitrogen and oxygen atoms in total. The van der Waals surface area contributed by atoms with E-state index in [4.69, 9.17) is 4.74 Å². The molecule has 0 radical (unpaired) electrons. The number of pyridine rings is 1. The summed E-state index contributed by atoms with van der Waals surface area (Å²) in [6, 6.07) is 3.53. The monoisotopic (exact) mass is 290 g/mol. The second-order valence-corrected chi connectivity index (χ2v) is 5.65. The Kier molecular flexibility index (Phi) is 6.09. The second-order valence-electron chi connectivity index (χ2n) is 5.65. The van der Waals surface area contributed by atoms with Crippen LogP contribution in [0.2, 0.25) is 0 Å². The van der Waals surface area contributed by atoms with E-state index in [9.17, 15) is 9.59 Å². The molecule has 0 aliphatic carbocycles. The van der Waals surface area contributed by atoms with Crippen LogP contribution in [0.3, 0.4) is 0 Å². The average molecular weight is 290 g/mol. The molecule has 0 atom stereocenters. The molecule has 0 saturated heterocycles. The van der Waals surface area contributed by atoms with Crippen LogP contribution in [0.5, 0.6) is 0 Å². The van der Waals surface area contributed by atoms with Crippen molar-refractivity contribution in [1.29, 1.82) is 0 Å². The molecule has 0 unspecified atom stereocenters. The molecular weight excluding hydrogens is 268 g/mol. The number of ether oxygens (including phenoxy) is 1. The van der Waals surface area contributed by atoms with E-state index in [0.717, 1.165) is 5.69 Å². The lowest BCUT2D eigenvalue weighted by atomic mass is 10.2. The maximum atomic E-state index is 11.4. The van der Waals surface area contributed by atoms with Crippen LogP contribution < -0.4 is 5.32 Å². The molecule has 21 heavy (non-hydrogen) atoms. The number of amides is 1. The standard InChI is InChI=1S/C16H22N2O3/c1-12(19)13-8-9-14(18-11-13)7-5-6-10-17-15(20)21-16(2,3)4/h5,7-9,11H,6,10H2,1-4H3,(H,17,20). The van der Waals surface area contributed by atoms with Crippen molar-refractivity contribution in [2.24, 2.45) is 0 Å². The molecule has 114 valence electrons. The fraction of sp³-hybridized carbons (Fsp3) is 0.438. The van der Waals surface area contributed by atoms with Gasteiger partial charge in [-0.25, -0.2) is 4.79 Å². The minimum absolute atomic E-state index is 0.000379. The van der Waals surface area contributed by atoms with Gasteiger partial charge in [0.05, 0.1) is 5.69 Å². The highest BCUT2D eigenvalue weighted by molar-refractivity contribution is 5.93. The lowest BCUT2D eigenvalue weighted by Gasteiger charge is -2.19. The fourth-order valence-corrected chi connectivity index (χ4v) is 1.49. The number of Topliss-reactive ketones (excluding diaryl/α,β-unsaturated/α-hetero) is 1. The Morgan fingerprint density at radius 3 is 2.57 bits per heavy atom. The van der Waals surface area contributed by atoms with Crippen LogP contribution >= 0.6 is 0 Å². The number of rotatable bonds is 5. The van der Waals surface area contributed by atoms with Crippen molar-refractivity contribution in [3.8, 4) is 0 Å². The molecule has 1 N–H and O–H groups in total. The number of aromatic nitrogens is 1. The third-order valence-electron chi connectivity index (χ3n) is 2.46. The molecule has 1 heterocycles. The van der Waals surface area contributed by atoms with Crippen molar-refractivity contribution >= 4 is 18.0 Å². The van der Waals surface area contributed by atoms with Gasteiger partial charge in [0.2, 0.25) is 0 Å². The zero-order chi connectivity index (χ0) is 15.9. The van der Waals surface area contributed by atoms with Gasteiger partial charge in [0, 0.05) is 18.3 Å². The Bertz CT molecular complexity index is 513. The summed E-state index contributed by atoms with van der Waals surface area (Å²) in [7, 11) is 0. The first-order chi connectivity index (χ1) is 9.78. The number of hydrogen-bond acceptors (Lipinski definition) is 4. The van der Waals surface area contributed by atoms with Gasteiger partial charge in [0.1, 0.15) is 5.60 Å². The number of hydrogen-bond donors (Lipinski definition) is 1. The summed E-state index contributed by atoms with van der Waals surface area (Å²) in [6.45, 7) is 7.47. The lowest BCUT2D eigenvalue weighted by molar-refractivity contribution is 0.0528. The Morgan fingerprint density at radius 2 is 2.05 bits per heavy atom. The number of nitrogens with zero attached hydrogens (tertiary/aromatic N) is 1. The van der Waals surface area contributed by atoms with Crippen LogP contribution in [0.25, 0.3) is 6.08 Å². The highest BCUT2D eigenvalue weighted by Crippen LogP contribution is 2.06. The first kappa shape index (κ1) is 16.9. The molecule has 1 amide bonds. The third-order valence-corrected chi connectivity index (χ3v) is 2.46. The van der Waals surface area contributed by atoms with E-state index >= 15 is 0 Å². The molecule has 0 fully saturated rings. The predicted octanol–water partition coefficient (Wildman–Crippen LogP) is 3.21. The molecule has 1 aromatic rings. The normalized spacial score (nSPS) is 11.4. The van der Waals surface area contributed by atoms with E-state index in [1.165, 1.54) is 6.92 Å². The first-order valence-corrected chi connectivity index (χ1v) is 6.88. The van der Waals surface area contributed by atoms with Gasteiger partial charge in [-0.2, -0.15) is 0 Å². The Morgan fingerprint density at radius 1 is 1.33 bits per heavy atom. The molecule has 0 aliphatic rings. The van der Waals surface area contributed by atoms with Crippen LogP contribution in [-0.2, 0) is 4.74 Å². The van der Waals surface area contributed by atoms with Crippen molar-refractivity contribution in [1.82, 2.24) is 10.3 Å². The highest BCUT2D eigenvalue weighted by Gasteiger charge is 2.15. The van der Waals surface area contributed by atoms with E-state index in [2.05, 4.69) is 10.3 Å². The molecule has 1 aromatic heterocycles. The lowest BCUT2D eigenvalue weighted by Crippen LogP contribution is -2.32. The second kappa shape index (κ2) is 7.57. The van der Waals surface area contributed by atoms with Crippen LogP contribution in [0.15, 0.2) is 24.4 Å². The van der Waals surface area contributed by atoms with Gasteiger partial charge >= 0.3 is 6.09 Å².